The average Bonchev–Trinajstić information content (AvgIpc) is 3.96. The number of rotatable bonds is 9. The van der Waals surface area contributed by atoms with Crippen LogP contribution < -0.4 is 25.7 Å². The summed E-state index contributed by atoms with van der Waals surface area (Å²) in [4.78, 5) is 46.9. The zero-order valence-corrected chi connectivity index (χ0v) is 28.5. The number of fused-ring (bicyclic) bond motifs is 5. The van der Waals surface area contributed by atoms with Gasteiger partial charge >= 0.3 is 0 Å². The molecule has 2 N–H and O–H groups in total. The lowest BCUT2D eigenvalue weighted by Gasteiger charge is -2.29. The van der Waals surface area contributed by atoms with Crippen molar-refractivity contribution in [1.29, 1.82) is 0 Å². The largest absolute Gasteiger partial charge is 0.456 e. The van der Waals surface area contributed by atoms with Crippen molar-refractivity contribution in [3.8, 4) is 17.2 Å². The molecule has 0 spiro atoms. The number of carbonyl (C=O) groups is 2. The van der Waals surface area contributed by atoms with Crippen molar-refractivity contribution in [2.24, 2.45) is 0 Å². The Morgan fingerprint density at radius 1 is 0.885 bits per heavy atom. The van der Waals surface area contributed by atoms with Gasteiger partial charge in [-0.1, -0.05) is 25.6 Å². The number of nitrogens with zero attached hydrogens (tertiary/aromatic N) is 4. The molecule has 6 heterocycles. The number of furan rings is 1. The molecule has 12 heteroatoms. The summed E-state index contributed by atoms with van der Waals surface area (Å²) in [7, 11) is 0. The molecular formula is C40H45FN6O5. The molecule has 3 fully saturated rings. The van der Waals surface area contributed by atoms with Gasteiger partial charge in [0.05, 0.1) is 11.1 Å². The monoisotopic (exact) mass is 708 g/mol. The lowest BCUT2D eigenvalue weighted by Crippen LogP contribution is -2.38. The number of halogens is 1. The number of para-hydroxylation sites is 1. The summed E-state index contributed by atoms with van der Waals surface area (Å²) in [5.74, 6) is -0.465. The third kappa shape index (κ3) is 6.07. The minimum absolute atomic E-state index is 0. The molecule has 52 heavy (non-hydrogen) atoms. The first-order valence-corrected chi connectivity index (χ1v) is 18.2. The van der Waals surface area contributed by atoms with Crippen molar-refractivity contribution in [3.63, 3.8) is 0 Å². The SMILES string of the molecule is C.O=C(CCN1CCCC1)N[C@@H]1CCN(c2c(F)cc3c(=O)c(C(=O)NCCN4CCCC4)cn4c3c2Oc2cc3c(cc2-4)oc2ccccc23)C1. The summed E-state index contributed by atoms with van der Waals surface area (Å²) in [5, 5.41) is 7.87. The van der Waals surface area contributed by atoms with Crippen molar-refractivity contribution >= 4 is 50.3 Å². The van der Waals surface area contributed by atoms with Crippen LogP contribution >= 0.6 is 0 Å². The maximum atomic E-state index is 16.4. The van der Waals surface area contributed by atoms with Gasteiger partial charge in [0.2, 0.25) is 11.3 Å². The Morgan fingerprint density at radius 2 is 1.63 bits per heavy atom. The summed E-state index contributed by atoms with van der Waals surface area (Å²) >= 11 is 0. The molecule has 0 bridgehead atoms. The predicted octanol–water partition coefficient (Wildman–Crippen LogP) is 5.78. The molecular weight excluding hydrogens is 663 g/mol. The highest BCUT2D eigenvalue weighted by Gasteiger charge is 2.34. The standard InChI is InChI=1S/C39H41FN6O5.CH4/c40-29-19-27-35-38(36(29)45-17-9-24(22-45)42-34(47)10-16-43-12-3-4-13-43)51-33-20-26-25-7-1-2-8-31(25)50-32(26)21-30(33)46(35)23-28(37(27)48)39(49)41-11-18-44-14-5-6-15-44;/h1-2,7-8,19-21,23-24H,3-6,9-18,22H2,(H,41,49)(H,42,47);1H4/t24-;/m1./s1. The van der Waals surface area contributed by atoms with Crippen LogP contribution in [-0.4, -0.2) is 91.1 Å². The van der Waals surface area contributed by atoms with Crippen molar-refractivity contribution in [1.82, 2.24) is 25.0 Å². The van der Waals surface area contributed by atoms with Crippen molar-refractivity contribution in [2.75, 3.05) is 63.8 Å². The van der Waals surface area contributed by atoms with E-state index >= 15 is 4.39 Å². The average molecular weight is 709 g/mol. The molecule has 0 radical (unpaired) electrons. The third-order valence-corrected chi connectivity index (χ3v) is 11.0. The lowest BCUT2D eigenvalue weighted by atomic mass is 10.0. The normalized spacial score (nSPS) is 18.6. The summed E-state index contributed by atoms with van der Waals surface area (Å²) in [6, 6.07) is 12.5. The van der Waals surface area contributed by atoms with Crippen LogP contribution in [-0.2, 0) is 4.79 Å². The molecule has 11 nitrogen and oxygen atoms in total. The van der Waals surface area contributed by atoms with Gasteiger partial charge in [0.15, 0.2) is 17.3 Å². The number of aromatic nitrogens is 1. The first-order valence-electron chi connectivity index (χ1n) is 18.2. The summed E-state index contributed by atoms with van der Waals surface area (Å²) in [6.45, 7) is 6.81. The molecule has 4 aliphatic rings. The number of benzene rings is 3. The lowest BCUT2D eigenvalue weighted by molar-refractivity contribution is -0.121. The topological polar surface area (TPSA) is 112 Å². The number of nitrogens with one attached hydrogen (secondary N) is 2. The smallest absolute Gasteiger partial charge is 0.256 e. The summed E-state index contributed by atoms with van der Waals surface area (Å²) in [5.41, 5.74) is 1.89. The number of pyridine rings is 1. The van der Waals surface area contributed by atoms with Gasteiger partial charge in [-0.3, -0.25) is 14.4 Å². The molecule has 272 valence electrons. The Bertz CT molecular complexity index is 2250. The first-order chi connectivity index (χ1) is 24.9. The number of ether oxygens (including phenoxy) is 1. The zero-order valence-electron chi connectivity index (χ0n) is 28.5. The van der Waals surface area contributed by atoms with Gasteiger partial charge in [-0.15, -0.1) is 0 Å². The second-order valence-corrected chi connectivity index (χ2v) is 14.3. The Hall–Kier alpha value is -4.94. The molecule has 0 unspecified atom stereocenters. The van der Waals surface area contributed by atoms with E-state index in [1.165, 1.54) is 18.9 Å². The number of likely N-dealkylation sites (tertiary alicyclic amines) is 2. The fourth-order valence-electron chi connectivity index (χ4n) is 8.36. The second kappa shape index (κ2) is 13.9. The van der Waals surface area contributed by atoms with Gasteiger partial charge in [0.25, 0.3) is 5.91 Å². The fourth-order valence-corrected chi connectivity index (χ4v) is 8.36. The fraction of sp³-hybridized carbons (Fsp3) is 0.425. The van der Waals surface area contributed by atoms with E-state index in [2.05, 4.69) is 20.4 Å². The molecule has 0 aliphatic carbocycles. The van der Waals surface area contributed by atoms with E-state index in [0.717, 1.165) is 56.3 Å². The summed E-state index contributed by atoms with van der Waals surface area (Å²) in [6.07, 6.45) is 7.27. The molecule has 3 aromatic carbocycles. The minimum atomic E-state index is -0.618. The number of carbonyl (C=O) groups excluding carboxylic acids is 2. The molecule has 1 atom stereocenters. The molecule has 4 aliphatic heterocycles. The molecule has 2 amide bonds. The van der Waals surface area contributed by atoms with Crippen LogP contribution in [0.2, 0.25) is 0 Å². The highest BCUT2D eigenvalue weighted by molar-refractivity contribution is 6.07. The minimum Gasteiger partial charge on any atom is -0.456 e. The van der Waals surface area contributed by atoms with Gasteiger partial charge in [-0.25, -0.2) is 4.39 Å². The molecule has 9 rings (SSSR count). The number of hydrogen-bond acceptors (Lipinski definition) is 8. The van der Waals surface area contributed by atoms with E-state index in [-0.39, 0.29) is 41.8 Å². The van der Waals surface area contributed by atoms with Crippen LogP contribution in [0.5, 0.6) is 11.5 Å². The maximum absolute atomic E-state index is 16.4. The van der Waals surface area contributed by atoms with Crippen LogP contribution in [0.1, 0.15) is 56.3 Å². The quantitative estimate of drug-likeness (QED) is 0.195. The van der Waals surface area contributed by atoms with Crippen LogP contribution in [0, 0.1) is 5.82 Å². The van der Waals surface area contributed by atoms with Crippen LogP contribution in [0.25, 0.3) is 38.5 Å². The van der Waals surface area contributed by atoms with E-state index in [0.29, 0.717) is 67.1 Å². The number of amides is 2. The van der Waals surface area contributed by atoms with Gasteiger partial charge in [-0.2, -0.15) is 0 Å². The summed E-state index contributed by atoms with van der Waals surface area (Å²) < 4.78 is 31.0. The maximum Gasteiger partial charge on any atom is 0.256 e. The van der Waals surface area contributed by atoms with Crippen molar-refractivity contribution < 1.29 is 23.1 Å². The Balaban J connectivity index is 0.00000387. The van der Waals surface area contributed by atoms with Gasteiger partial charge < -0.3 is 39.1 Å². The van der Waals surface area contributed by atoms with Crippen LogP contribution in [0.4, 0.5) is 10.1 Å². The van der Waals surface area contributed by atoms with Crippen LogP contribution in [0.3, 0.4) is 0 Å². The van der Waals surface area contributed by atoms with E-state index in [1.54, 1.807) is 10.8 Å². The van der Waals surface area contributed by atoms with E-state index in [4.69, 9.17) is 9.15 Å². The Morgan fingerprint density at radius 3 is 2.42 bits per heavy atom. The number of hydrogen-bond donors (Lipinski definition) is 2. The van der Waals surface area contributed by atoms with Crippen molar-refractivity contribution in [3.05, 3.63) is 70.3 Å². The Kier molecular flexibility index (Phi) is 9.12. The first kappa shape index (κ1) is 34.2. The molecule has 5 aromatic rings. The van der Waals surface area contributed by atoms with Gasteiger partial charge in [0.1, 0.15) is 27.9 Å². The second-order valence-electron chi connectivity index (χ2n) is 14.3. The predicted molar refractivity (Wildman–Crippen MR) is 201 cm³/mol. The van der Waals surface area contributed by atoms with Gasteiger partial charge in [0, 0.05) is 68.2 Å². The number of anilines is 1. The van der Waals surface area contributed by atoms with E-state index in [9.17, 15) is 14.4 Å². The van der Waals surface area contributed by atoms with E-state index < -0.39 is 17.2 Å². The molecule has 0 saturated carbocycles. The van der Waals surface area contributed by atoms with Crippen molar-refractivity contribution in [2.45, 2.75) is 52.0 Å². The highest BCUT2D eigenvalue weighted by Crippen LogP contribution is 2.49. The third-order valence-electron chi connectivity index (χ3n) is 11.0. The highest BCUT2D eigenvalue weighted by atomic mass is 19.1. The molecule has 2 aromatic heterocycles. The zero-order chi connectivity index (χ0) is 34.6. The van der Waals surface area contributed by atoms with Gasteiger partial charge in [-0.05, 0) is 76.5 Å². The Labute approximate surface area is 301 Å². The molecule has 3 saturated heterocycles. The van der Waals surface area contributed by atoms with Crippen LogP contribution in [0.15, 0.2) is 57.9 Å². The van der Waals surface area contributed by atoms with E-state index in [1.807, 2.05) is 41.3 Å².